The van der Waals surface area contributed by atoms with Gasteiger partial charge < -0.3 is 10.4 Å². The summed E-state index contributed by atoms with van der Waals surface area (Å²) in [6, 6.07) is 0. The third-order valence-corrected chi connectivity index (χ3v) is 2.77. The summed E-state index contributed by atoms with van der Waals surface area (Å²) in [5, 5.41) is 10.5. The molecule has 2 fully saturated rings. The Morgan fingerprint density at radius 3 is 2.12 bits per heavy atom. The van der Waals surface area contributed by atoms with Crippen LogP contribution in [0.5, 0.6) is 0 Å². The molecule has 1 aliphatic carbocycles. The van der Waals surface area contributed by atoms with Gasteiger partial charge in [0.15, 0.2) is 0 Å². The molecule has 3 nitrogen and oxygen atoms in total. The van der Waals surface area contributed by atoms with Crippen molar-refractivity contribution >= 4 is 5.97 Å². The molecule has 1 atom stereocenters. The van der Waals surface area contributed by atoms with Gasteiger partial charge >= 0.3 is 12.1 Å². The lowest BCUT2D eigenvalue weighted by molar-refractivity contribution is -0.192. The van der Waals surface area contributed by atoms with Crippen LogP contribution in [0.15, 0.2) is 0 Å². The molecule has 2 rings (SSSR count). The molecular formula is C10H16F3NO2. The molecule has 0 aromatic rings. The summed E-state index contributed by atoms with van der Waals surface area (Å²) in [6.45, 7) is 2.58. The predicted molar refractivity (Wildman–Crippen MR) is 52.0 cm³/mol. The standard InChI is InChI=1S/C8H15N.C2HF3O2/c1-2-7(1)5-8-3-4-9-6-8;3-2(4,5)1(6)7/h7-9H,1-6H2;(H,6,7). The minimum Gasteiger partial charge on any atom is -0.475 e. The number of hydrogen-bond acceptors (Lipinski definition) is 2. The van der Waals surface area contributed by atoms with Crippen LogP contribution in [0.2, 0.25) is 0 Å². The maximum Gasteiger partial charge on any atom is 0.490 e. The van der Waals surface area contributed by atoms with E-state index < -0.39 is 12.1 Å². The van der Waals surface area contributed by atoms with Gasteiger partial charge in [0.05, 0.1) is 0 Å². The minimum absolute atomic E-state index is 1.04. The summed E-state index contributed by atoms with van der Waals surface area (Å²) < 4.78 is 31.7. The second-order valence-corrected chi connectivity index (χ2v) is 4.34. The summed E-state index contributed by atoms with van der Waals surface area (Å²) >= 11 is 0. The van der Waals surface area contributed by atoms with E-state index in [9.17, 15) is 13.2 Å². The molecule has 16 heavy (non-hydrogen) atoms. The van der Waals surface area contributed by atoms with E-state index in [4.69, 9.17) is 9.90 Å². The second kappa shape index (κ2) is 5.52. The molecule has 0 spiro atoms. The average Bonchev–Trinajstić information content (AvgIpc) is 2.79. The van der Waals surface area contributed by atoms with Crippen molar-refractivity contribution in [3.8, 4) is 0 Å². The maximum absolute atomic E-state index is 10.6. The Morgan fingerprint density at radius 2 is 1.81 bits per heavy atom. The van der Waals surface area contributed by atoms with Gasteiger partial charge in [-0.1, -0.05) is 12.8 Å². The number of rotatable bonds is 2. The number of aliphatic carboxylic acids is 1. The summed E-state index contributed by atoms with van der Waals surface area (Å²) in [7, 11) is 0. The number of alkyl halides is 3. The van der Waals surface area contributed by atoms with Crippen molar-refractivity contribution < 1.29 is 23.1 Å². The van der Waals surface area contributed by atoms with E-state index in [1.807, 2.05) is 0 Å². The smallest absolute Gasteiger partial charge is 0.475 e. The first-order valence-electron chi connectivity index (χ1n) is 5.40. The zero-order valence-corrected chi connectivity index (χ0v) is 8.89. The number of nitrogens with one attached hydrogen (secondary N) is 1. The Bertz CT molecular complexity index is 233. The van der Waals surface area contributed by atoms with Crippen LogP contribution in [0.3, 0.4) is 0 Å². The van der Waals surface area contributed by atoms with Crippen LogP contribution in [0.4, 0.5) is 13.2 Å². The number of halogens is 3. The van der Waals surface area contributed by atoms with Crippen molar-refractivity contribution in [2.45, 2.75) is 31.9 Å². The highest BCUT2D eigenvalue weighted by molar-refractivity contribution is 5.73. The van der Waals surface area contributed by atoms with Gasteiger partial charge in [-0.25, -0.2) is 4.79 Å². The maximum atomic E-state index is 10.6. The summed E-state index contributed by atoms with van der Waals surface area (Å²) in [5.74, 6) is -0.583. The van der Waals surface area contributed by atoms with Gasteiger partial charge in [-0.05, 0) is 37.8 Å². The highest BCUT2D eigenvalue weighted by Gasteiger charge is 2.38. The van der Waals surface area contributed by atoms with Gasteiger partial charge in [0.2, 0.25) is 0 Å². The molecule has 0 radical (unpaired) electrons. The number of hydrogen-bond donors (Lipinski definition) is 2. The fourth-order valence-electron chi connectivity index (χ4n) is 1.74. The minimum atomic E-state index is -5.08. The van der Waals surface area contributed by atoms with Crippen LogP contribution >= 0.6 is 0 Å². The van der Waals surface area contributed by atoms with Crippen molar-refractivity contribution in [2.24, 2.45) is 11.8 Å². The third kappa shape index (κ3) is 5.34. The Morgan fingerprint density at radius 1 is 1.25 bits per heavy atom. The topological polar surface area (TPSA) is 49.3 Å². The Labute approximate surface area is 92.0 Å². The molecule has 1 unspecified atom stereocenters. The van der Waals surface area contributed by atoms with Gasteiger partial charge in [0.1, 0.15) is 0 Å². The molecule has 1 heterocycles. The van der Waals surface area contributed by atoms with E-state index in [0.717, 1.165) is 11.8 Å². The highest BCUT2D eigenvalue weighted by atomic mass is 19.4. The van der Waals surface area contributed by atoms with E-state index in [-0.39, 0.29) is 0 Å². The normalized spacial score (nSPS) is 24.8. The predicted octanol–water partition coefficient (Wildman–Crippen LogP) is 2.03. The van der Waals surface area contributed by atoms with E-state index in [1.54, 1.807) is 0 Å². The van der Waals surface area contributed by atoms with Gasteiger partial charge in [-0.3, -0.25) is 0 Å². The summed E-state index contributed by atoms with van der Waals surface area (Å²) in [4.78, 5) is 8.90. The quantitative estimate of drug-likeness (QED) is 0.775. The lowest BCUT2D eigenvalue weighted by Crippen LogP contribution is -2.21. The zero-order valence-electron chi connectivity index (χ0n) is 8.89. The van der Waals surface area contributed by atoms with Crippen molar-refractivity contribution in [3.63, 3.8) is 0 Å². The highest BCUT2D eigenvalue weighted by Crippen LogP contribution is 2.36. The molecule has 0 bridgehead atoms. The van der Waals surface area contributed by atoms with Gasteiger partial charge in [0.25, 0.3) is 0 Å². The van der Waals surface area contributed by atoms with Crippen LogP contribution in [0, 0.1) is 11.8 Å². The molecule has 2 N–H and O–H groups in total. The number of carboxylic acid groups (broad SMARTS) is 1. The largest absolute Gasteiger partial charge is 0.490 e. The van der Waals surface area contributed by atoms with Crippen LogP contribution < -0.4 is 5.32 Å². The van der Waals surface area contributed by atoms with Crippen LogP contribution in [-0.4, -0.2) is 30.3 Å². The SMILES string of the molecule is C1CC(CC2CC2)CN1.O=C(O)C(F)(F)F. The van der Waals surface area contributed by atoms with Crippen molar-refractivity contribution in [3.05, 3.63) is 0 Å². The molecule has 1 saturated heterocycles. The van der Waals surface area contributed by atoms with Gasteiger partial charge in [0, 0.05) is 0 Å². The van der Waals surface area contributed by atoms with Crippen molar-refractivity contribution in [1.29, 1.82) is 0 Å². The lowest BCUT2D eigenvalue weighted by atomic mass is 10.0. The fourth-order valence-corrected chi connectivity index (χ4v) is 1.74. The molecule has 6 heteroatoms. The summed E-state index contributed by atoms with van der Waals surface area (Å²) in [5.41, 5.74) is 0. The average molecular weight is 239 g/mol. The first-order valence-corrected chi connectivity index (χ1v) is 5.40. The monoisotopic (exact) mass is 239 g/mol. The number of carboxylic acids is 1. The Hall–Kier alpha value is -0.780. The molecule has 0 amide bonds. The van der Waals surface area contributed by atoms with Crippen LogP contribution in [-0.2, 0) is 4.79 Å². The molecule has 0 aromatic carbocycles. The van der Waals surface area contributed by atoms with Gasteiger partial charge in [-0.15, -0.1) is 0 Å². The lowest BCUT2D eigenvalue weighted by Gasteiger charge is -2.04. The fraction of sp³-hybridized carbons (Fsp3) is 0.900. The first kappa shape index (κ1) is 13.3. The number of carbonyl (C=O) groups is 1. The summed E-state index contributed by atoms with van der Waals surface area (Å²) in [6.07, 6.45) is 0.927. The molecule has 94 valence electrons. The molecular weight excluding hydrogens is 223 g/mol. The first-order chi connectivity index (χ1) is 7.39. The van der Waals surface area contributed by atoms with E-state index >= 15 is 0 Å². The second-order valence-electron chi connectivity index (χ2n) is 4.34. The van der Waals surface area contributed by atoms with E-state index in [0.29, 0.717) is 0 Å². The molecule has 1 aliphatic heterocycles. The van der Waals surface area contributed by atoms with Crippen molar-refractivity contribution in [1.82, 2.24) is 5.32 Å². The zero-order chi connectivity index (χ0) is 12.2. The molecule has 1 saturated carbocycles. The van der Waals surface area contributed by atoms with Crippen LogP contribution in [0.25, 0.3) is 0 Å². The Kier molecular flexibility index (Phi) is 4.58. The Balaban J connectivity index is 0.000000168. The third-order valence-electron chi connectivity index (χ3n) is 2.77. The van der Waals surface area contributed by atoms with E-state index in [1.165, 1.54) is 38.8 Å². The molecule has 0 aromatic heterocycles. The van der Waals surface area contributed by atoms with E-state index in [2.05, 4.69) is 5.32 Å². The van der Waals surface area contributed by atoms with Crippen LogP contribution in [0.1, 0.15) is 25.7 Å². The van der Waals surface area contributed by atoms with Gasteiger partial charge in [-0.2, -0.15) is 13.2 Å². The molecule has 2 aliphatic rings. The van der Waals surface area contributed by atoms with Crippen molar-refractivity contribution in [2.75, 3.05) is 13.1 Å².